The Morgan fingerprint density at radius 1 is 1.39 bits per heavy atom. The van der Waals surface area contributed by atoms with Gasteiger partial charge in [-0.1, -0.05) is 6.92 Å². The van der Waals surface area contributed by atoms with E-state index in [2.05, 4.69) is 17.3 Å². The normalized spacial score (nSPS) is 10.6. The molecule has 96 valence electrons. The van der Waals surface area contributed by atoms with Crippen molar-refractivity contribution in [1.29, 1.82) is 0 Å². The van der Waals surface area contributed by atoms with Crippen molar-refractivity contribution in [2.24, 2.45) is 7.05 Å². The van der Waals surface area contributed by atoms with Crippen molar-refractivity contribution in [2.45, 2.75) is 26.8 Å². The summed E-state index contributed by atoms with van der Waals surface area (Å²) in [5.74, 6) is 0.330. The Hall–Kier alpha value is -1.97. The van der Waals surface area contributed by atoms with Crippen LogP contribution < -0.4 is 5.32 Å². The van der Waals surface area contributed by atoms with Gasteiger partial charge in [-0.15, -0.1) is 0 Å². The summed E-state index contributed by atoms with van der Waals surface area (Å²) in [6.07, 6.45) is 2.98. The third-order valence-corrected chi connectivity index (χ3v) is 3.01. The van der Waals surface area contributed by atoms with Crippen molar-refractivity contribution < 1.29 is 5.11 Å². The predicted octanol–water partition coefficient (Wildman–Crippen LogP) is 2.61. The number of hydrogen-bond acceptors (Lipinski definition) is 3. The zero-order valence-electron chi connectivity index (χ0n) is 11.1. The van der Waals surface area contributed by atoms with Gasteiger partial charge >= 0.3 is 0 Å². The lowest BCUT2D eigenvalue weighted by Crippen LogP contribution is -2.01. The van der Waals surface area contributed by atoms with E-state index in [1.165, 1.54) is 5.56 Å². The molecule has 18 heavy (non-hydrogen) atoms. The molecule has 0 atom stereocenters. The number of nitrogens with one attached hydrogen (secondary N) is 1. The third-order valence-electron chi connectivity index (χ3n) is 3.01. The van der Waals surface area contributed by atoms with E-state index in [1.54, 1.807) is 6.07 Å². The summed E-state index contributed by atoms with van der Waals surface area (Å²) in [5.41, 5.74) is 4.23. The van der Waals surface area contributed by atoms with Crippen LogP contribution in [0.3, 0.4) is 0 Å². The molecule has 2 rings (SSSR count). The summed E-state index contributed by atoms with van der Waals surface area (Å²) in [5, 5.41) is 17.2. The number of nitrogens with zero attached hydrogens (tertiary/aromatic N) is 2. The fourth-order valence-electron chi connectivity index (χ4n) is 1.99. The first-order valence-electron chi connectivity index (χ1n) is 6.15. The fourth-order valence-corrected chi connectivity index (χ4v) is 1.99. The van der Waals surface area contributed by atoms with Crippen molar-refractivity contribution in [2.75, 3.05) is 5.32 Å². The number of benzene rings is 1. The molecule has 4 heteroatoms. The van der Waals surface area contributed by atoms with Crippen LogP contribution in [0.25, 0.3) is 0 Å². The molecule has 0 fully saturated rings. The quantitative estimate of drug-likeness (QED) is 0.814. The van der Waals surface area contributed by atoms with Crippen molar-refractivity contribution in [3.8, 4) is 5.75 Å². The van der Waals surface area contributed by atoms with Crippen LogP contribution in [0.5, 0.6) is 5.75 Å². The minimum atomic E-state index is 0.330. The lowest BCUT2D eigenvalue weighted by molar-refractivity contribution is 0.471. The SMILES string of the molecule is CCc1nn(C)cc1CNc1ccc(O)c(C)c1. The highest BCUT2D eigenvalue weighted by molar-refractivity contribution is 5.50. The maximum atomic E-state index is 9.47. The number of hydrogen-bond donors (Lipinski definition) is 2. The van der Waals surface area contributed by atoms with Gasteiger partial charge in [-0.25, -0.2) is 0 Å². The molecule has 0 saturated heterocycles. The number of aromatic nitrogens is 2. The molecule has 4 nitrogen and oxygen atoms in total. The molecule has 0 aliphatic heterocycles. The largest absolute Gasteiger partial charge is 0.508 e. The van der Waals surface area contributed by atoms with E-state index in [4.69, 9.17) is 0 Å². The molecular weight excluding hydrogens is 226 g/mol. The number of aromatic hydroxyl groups is 1. The van der Waals surface area contributed by atoms with Crippen LogP contribution >= 0.6 is 0 Å². The number of anilines is 1. The van der Waals surface area contributed by atoms with Crippen LogP contribution in [0.1, 0.15) is 23.7 Å². The van der Waals surface area contributed by atoms with Crippen LogP contribution in [0.15, 0.2) is 24.4 Å². The lowest BCUT2D eigenvalue weighted by Gasteiger charge is -2.07. The average molecular weight is 245 g/mol. The minimum absolute atomic E-state index is 0.330. The van der Waals surface area contributed by atoms with E-state index in [-0.39, 0.29) is 0 Å². The van der Waals surface area contributed by atoms with Gasteiger partial charge in [-0.2, -0.15) is 5.10 Å². The molecule has 0 saturated carbocycles. The molecule has 1 aromatic heterocycles. The van der Waals surface area contributed by atoms with Gasteiger partial charge in [0.15, 0.2) is 0 Å². The Labute approximate surface area is 107 Å². The molecule has 0 spiro atoms. The van der Waals surface area contributed by atoms with Gasteiger partial charge in [0, 0.05) is 31.0 Å². The zero-order valence-corrected chi connectivity index (χ0v) is 11.1. The van der Waals surface area contributed by atoms with E-state index in [1.807, 2.05) is 37.0 Å². The second-order valence-electron chi connectivity index (χ2n) is 4.48. The molecule has 0 aliphatic carbocycles. The summed E-state index contributed by atoms with van der Waals surface area (Å²) >= 11 is 0. The number of aryl methyl sites for hydroxylation is 3. The summed E-state index contributed by atoms with van der Waals surface area (Å²) in [7, 11) is 1.94. The van der Waals surface area contributed by atoms with Gasteiger partial charge < -0.3 is 10.4 Å². The van der Waals surface area contributed by atoms with Crippen molar-refractivity contribution in [1.82, 2.24) is 9.78 Å². The van der Waals surface area contributed by atoms with Crippen LogP contribution in [-0.2, 0) is 20.0 Å². The van der Waals surface area contributed by atoms with Crippen LogP contribution in [0, 0.1) is 6.92 Å². The first-order valence-corrected chi connectivity index (χ1v) is 6.15. The Bertz CT molecular complexity index is 546. The van der Waals surface area contributed by atoms with Gasteiger partial charge in [0.1, 0.15) is 5.75 Å². The predicted molar refractivity (Wildman–Crippen MR) is 72.8 cm³/mol. The number of phenols is 1. The van der Waals surface area contributed by atoms with Crippen LogP contribution in [-0.4, -0.2) is 14.9 Å². The molecular formula is C14H19N3O. The molecule has 1 aromatic carbocycles. The first kappa shape index (κ1) is 12.5. The highest BCUT2D eigenvalue weighted by Gasteiger charge is 2.05. The Morgan fingerprint density at radius 3 is 2.83 bits per heavy atom. The van der Waals surface area contributed by atoms with Crippen molar-refractivity contribution in [3.05, 3.63) is 41.2 Å². The van der Waals surface area contributed by atoms with E-state index in [9.17, 15) is 5.11 Å². The van der Waals surface area contributed by atoms with Gasteiger partial charge in [0.05, 0.1) is 5.69 Å². The molecule has 0 amide bonds. The van der Waals surface area contributed by atoms with Crippen molar-refractivity contribution in [3.63, 3.8) is 0 Å². The Balaban J connectivity index is 2.08. The van der Waals surface area contributed by atoms with E-state index >= 15 is 0 Å². The average Bonchev–Trinajstić information content (AvgIpc) is 2.71. The number of phenolic OH excluding ortho intramolecular Hbond substituents is 1. The molecule has 1 heterocycles. The second kappa shape index (κ2) is 5.12. The van der Waals surface area contributed by atoms with Crippen LogP contribution in [0.2, 0.25) is 0 Å². The molecule has 2 aromatic rings. The summed E-state index contributed by atoms with van der Waals surface area (Å²) in [6, 6.07) is 5.53. The molecule has 2 N–H and O–H groups in total. The second-order valence-corrected chi connectivity index (χ2v) is 4.48. The van der Waals surface area contributed by atoms with Gasteiger partial charge in [-0.3, -0.25) is 4.68 Å². The smallest absolute Gasteiger partial charge is 0.118 e. The Kier molecular flexibility index (Phi) is 3.55. The highest BCUT2D eigenvalue weighted by Crippen LogP contribution is 2.21. The van der Waals surface area contributed by atoms with E-state index in [0.29, 0.717) is 5.75 Å². The first-order chi connectivity index (χ1) is 8.60. The van der Waals surface area contributed by atoms with Gasteiger partial charge in [0.25, 0.3) is 0 Å². The minimum Gasteiger partial charge on any atom is -0.508 e. The highest BCUT2D eigenvalue weighted by atomic mass is 16.3. The summed E-state index contributed by atoms with van der Waals surface area (Å²) in [6.45, 7) is 4.75. The van der Waals surface area contributed by atoms with Crippen molar-refractivity contribution >= 4 is 5.69 Å². The lowest BCUT2D eigenvalue weighted by atomic mass is 10.2. The topological polar surface area (TPSA) is 50.1 Å². The van der Waals surface area contributed by atoms with Crippen LogP contribution in [0.4, 0.5) is 5.69 Å². The van der Waals surface area contributed by atoms with Gasteiger partial charge in [0.2, 0.25) is 0 Å². The van der Waals surface area contributed by atoms with E-state index < -0.39 is 0 Å². The number of rotatable bonds is 4. The fraction of sp³-hybridized carbons (Fsp3) is 0.357. The standard InChI is InChI=1S/C14H19N3O/c1-4-13-11(9-17(3)16-13)8-15-12-5-6-14(18)10(2)7-12/h5-7,9,15,18H,4,8H2,1-3H3. The van der Waals surface area contributed by atoms with Gasteiger partial charge in [-0.05, 0) is 37.1 Å². The maximum absolute atomic E-state index is 9.47. The monoisotopic (exact) mass is 245 g/mol. The molecule has 0 aliphatic rings. The molecule has 0 unspecified atom stereocenters. The summed E-state index contributed by atoms with van der Waals surface area (Å²) < 4.78 is 1.85. The van der Waals surface area contributed by atoms with E-state index in [0.717, 1.165) is 29.9 Å². The molecule has 0 bridgehead atoms. The zero-order chi connectivity index (χ0) is 13.1. The Morgan fingerprint density at radius 2 is 2.17 bits per heavy atom. The molecule has 0 radical (unpaired) electrons. The third kappa shape index (κ3) is 2.64. The maximum Gasteiger partial charge on any atom is 0.118 e. The summed E-state index contributed by atoms with van der Waals surface area (Å²) in [4.78, 5) is 0.